The Hall–Kier alpha value is -4.73. The number of carbonyl (C=O) groups excluding carboxylic acids is 1. The summed E-state index contributed by atoms with van der Waals surface area (Å²) in [5, 5.41) is 0.405. The number of ether oxygens (including phenoxy) is 3. The second-order valence-electron chi connectivity index (χ2n) is 10.5. The largest absolute Gasteiger partial charge is 0.497 e. The summed E-state index contributed by atoms with van der Waals surface area (Å²) in [6.45, 7) is 2.81. The molecule has 0 spiro atoms. The van der Waals surface area contributed by atoms with Crippen molar-refractivity contribution >= 4 is 17.4 Å². The molecule has 44 heavy (non-hydrogen) atoms. The van der Waals surface area contributed by atoms with Crippen molar-refractivity contribution in [3.63, 3.8) is 0 Å². The molecule has 0 saturated carbocycles. The summed E-state index contributed by atoms with van der Waals surface area (Å²) in [5.74, 6) is 2.37. The molecule has 0 radical (unpaired) electrons. The molecule has 1 aromatic heterocycles. The van der Waals surface area contributed by atoms with E-state index in [9.17, 15) is 4.79 Å². The standard InChI is InChI=1S/C35H34N4O4S/c1-41-29-15-9-10-25(22-29)23-32-36-35(44-37-32)43-30-17-16-28(24-31(30)42-2)34(40)39-20-18-38(19-21-39)33(26-11-5-3-6-12-26)27-13-7-4-8-14-27/h3-17,22,24,33H,18-21,23H2,1-2H3. The Kier molecular flexibility index (Phi) is 9.14. The van der Waals surface area contributed by atoms with Crippen molar-refractivity contribution in [2.45, 2.75) is 12.5 Å². The number of benzene rings is 4. The number of rotatable bonds is 10. The lowest BCUT2D eigenvalue weighted by Crippen LogP contribution is -2.49. The van der Waals surface area contributed by atoms with Crippen LogP contribution in [0, 0.1) is 0 Å². The van der Waals surface area contributed by atoms with Crippen LogP contribution in [0.4, 0.5) is 0 Å². The number of amides is 1. The van der Waals surface area contributed by atoms with Gasteiger partial charge >= 0.3 is 0 Å². The zero-order chi connectivity index (χ0) is 30.3. The van der Waals surface area contributed by atoms with Gasteiger partial charge in [0.25, 0.3) is 11.1 Å². The van der Waals surface area contributed by atoms with Crippen LogP contribution in [0.5, 0.6) is 22.4 Å². The van der Waals surface area contributed by atoms with Crippen LogP contribution in [0.25, 0.3) is 0 Å². The van der Waals surface area contributed by atoms with Gasteiger partial charge in [0.1, 0.15) is 5.75 Å². The summed E-state index contributed by atoms with van der Waals surface area (Å²) in [4.78, 5) is 22.5. The molecule has 4 aromatic carbocycles. The molecular weight excluding hydrogens is 572 g/mol. The Bertz CT molecular complexity index is 1650. The van der Waals surface area contributed by atoms with Gasteiger partial charge in [-0.1, -0.05) is 72.8 Å². The molecule has 1 fully saturated rings. The number of aromatic nitrogens is 2. The Morgan fingerprint density at radius 3 is 2.16 bits per heavy atom. The molecule has 0 N–H and O–H groups in total. The van der Waals surface area contributed by atoms with Crippen molar-refractivity contribution in [2.24, 2.45) is 0 Å². The van der Waals surface area contributed by atoms with Gasteiger partial charge in [0.2, 0.25) is 0 Å². The average Bonchev–Trinajstić information content (AvgIpc) is 3.52. The molecule has 1 saturated heterocycles. The minimum absolute atomic E-state index is 0.0260. The summed E-state index contributed by atoms with van der Waals surface area (Å²) in [6.07, 6.45) is 0.562. The SMILES string of the molecule is COc1cccc(Cc2nsc(Oc3ccc(C(=O)N4CCN(C(c5ccccc5)c5ccccc5)CC4)cc3OC)n2)c1. The highest BCUT2D eigenvalue weighted by Crippen LogP contribution is 2.34. The first kappa shape index (κ1) is 29.3. The number of carbonyl (C=O) groups is 1. The van der Waals surface area contributed by atoms with E-state index < -0.39 is 0 Å². The van der Waals surface area contributed by atoms with Gasteiger partial charge in [-0.3, -0.25) is 9.69 Å². The van der Waals surface area contributed by atoms with Gasteiger partial charge in [-0.05, 0) is 47.0 Å². The molecular formula is C35H34N4O4S. The van der Waals surface area contributed by atoms with Crippen molar-refractivity contribution in [3.8, 4) is 22.4 Å². The summed E-state index contributed by atoms with van der Waals surface area (Å²) in [5.41, 5.74) is 4.11. The zero-order valence-corrected chi connectivity index (χ0v) is 25.6. The molecule has 1 amide bonds. The smallest absolute Gasteiger partial charge is 0.298 e. The molecule has 0 bridgehead atoms. The fourth-order valence-electron chi connectivity index (χ4n) is 5.55. The van der Waals surface area contributed by atoms with Crippen molar-refractivity contribution in [1.82, 2.24) is 19.2 Å². The monoisotopic (exact) mass is 606 g/mol. The van der Waals surface area contributed by atoms with Gasteiger partial charge < -0.3 is 19.1 Å². The molecule has 9 heteroatoms. The van der Waals surface area contributed by atoms with Crippen LogP contribution in [0.2, 0.25) is 0 Å². The van der Waals surface area contributed by atoms with Crippen LogP contribution >= 0.6 is 11.5 Å². The van der Waals surface area contributed by atoms with Gasteiger partial charge in [0.05, 0.1) is 20.3 Å². The second kappa shape index (κ2) is 13.7. The fourth-order valence-corrected chi connectivity index (χ4v) is 6.11. The van der Waals surface area contributed by atoms with Crippen LogP contribution in [0.3, 0.4) is 0 Å². The lowest BCUT2D eigenvalue weighted by molar-refractivity contribution is 0.0597. The van der Waals surface area contributed by atoms with Crippen molar-refractivity contribution < 1.29 is 19.0 Å². The van der Waals surface area contributed by atoms with E-state index in [1.165, 1.54) is 22.7 Å². The Morgan fingerprint density at radius 1 is 0.795 bits per heavy atom. The van der Waals surface area contributed by atoms with E-state index in [1.807, 2.05) is 41.3 Å². The maximum atomic E-state index is 13.6. The topological polar surface area (TPSA) is 77.0 Å². The average molecular weight is 607 g/mol. The Balaban J connectivity index is 1.10. The Labute approximate surface area is 261 Å². The number of hydrogen-bond donors (Lipinski definition) is 0. The zero-order valence-electron chi connectivity index (χ0n) is 24.8. The van der Waals surface area contributed by atoms with Gasteiger partial charge in [-0.15, -0.1) is 0 Å². The molecule has 0 atom stereocenters. The minimum atomic E-state index is -0.0260. The second-order valence-corrected chi connectivity index (χ2v) is 11.2. The summed E-state index contributed by atoms with van der Waals surface area (Å²) < 4.78 is 21.4. The predicted octanol–water partition coefficient (Wildman–Crippen LogP) is 6.49. The van der Waals surface area contributed by atoms with E-state index in [0.717, 1.165) is 24.4 Å². The van der Waals surface area contributed by atoms with Gasteiger partial charge in [0.15, 0.2) is 17.3 Å². The lowest BCUT2D eigenvalue weighted by atomic mass is 9.96. The van der Waals surface area contributed by atoms with Crippen LogP contribution < -0.4 is 14.2 Å². The van der Waals surface area contributed by atoms with Crippen LogP contribution in [0.1, 0.15) is 38.9 Å². The van der Waals surface area contributed by atoms with Gasteiger partial charge in [-0.25, -0.2) is 0 Å². The normalized spacial score (nSPS) is 13.6. The summed E-state index contributed by atoms with van der Waals surface area (Å²) in [7, 11) is 3.21. The first-order valence-electron chi connectivity index (χ1n) is 14.6. The minimum Gasteiger partial charge on any atom is -0.497 e. The third-order valence-electron chi connectivity index (χ3n) is 7.75. The van der Waals surface area contributed by atoms with Crippen molar-refractivity contribution in [2.75, 3.05) is 40.4 Å². The molecule has 2 heterocycles. The van der Waals surface area contributed by atoms with E-state index in [-0.39, 0.29) is 11.9 Å². The third-order valence-corrected chi connectivity index (χ3v) is 8.38. The number of hydrogen-bond acceptors (Lipinski definition) is 8. The van der Waals surface area contributed by atoms with Crippen LogP contribution in [-0.4, -0.2) is 65.5 Å². The number of methoxy groups -OCH3 is 2. The van der Waals surface area contributed by atoms with Gasteiger partial charge in [0, 0.05) is 49.7 Å². The highest BCUT2D eigenvalue weighted by molar-refractivity contribution is 7.07. The van der Waals surface area contributed by atoms with E-state index in [2.05, 4.69) is 62.8 Å². The molecule has 224 valence electrons. The maximum Gasteiger partial charge on any atom is 0.298 e. The van der Waals surface area contributed by atoms with E-state index >= 15 is 0 Å². The Morgan fingerprint density at radius 2 is 1.50 bits per heavy atom. The van der Waals surface area contributed by atoms with E-state index in [0.29, 0.717) is 47.6 Å². The first-order chi connectivity index (χ1) is 21.6. The maximum absolute atomic E-state index is 13.6. The van der Waals surface area contributed by atoms with Crippen molar-refractivity contribution in [1.29, 1.82) is 0 Å². The molecule has 0 unspecified atom stereocenters. The summed E-state index contributed by atoms with van der Waals surface area (Å²) >= 11 is 1.18. The molecule has 0 aliphatic carbocycles. The molecule has 6 rings (SSSR count). The molecule has 5 aromatic rings. The molecule has 8 nitrogen and oxygen atoms in total. The van der Waals surface area contributed by atoms with Crippen LogP contribution in [0.15, 0.2) is 103 Å². The molecule has 1 aliphatic rings. The first-order valence-corrected chi connectivity index (χ1v) is 15.3. The molecule has 1 aliphatic heterocycles. The highest BCUT2D eigenvalue weighted by Gasteiger charge is 2.29. The summed E-state index contributed by atoms with van der Waals surface area (Å²) in [6, 6.07) is 34.3. The van der Waals surface area contributed by atoms with Gasteiger partial charge in [-0.2, -0.15) is 9.36 Å². The quantitative estimate of drug-likeness (QED) is 0.180. The number of piperazine rings is 1. The van der Waals surface area contributed by atoms with E-state index in [1.54, 1.807) is 32.4 Å². The van der Waals surface area contributed by atoms with Crippen LogP contribution in [-0.2, 0) is 6.42 Å². The fraction of sp³-hybridized carbons (Fsp3) is 0.229. The highest BCUT2D eigenvalue weighted by atomic mass is 32.1. The number of nitrogens with zero attached hydrogens (tertiary/aromatic N) is 4. The lowest BCUT2D eigenvalue weighted by Gasteiger charge is -2.39. The van der Waals surface area contributed by atoms with Crippen molar-refractivity contribution in [3.05, 3.63) is 131 Å². The van der Waals surface area contributed by atoms with E-state index in [4.69, 9.17) is 14.2 Å². The predicted molar refractivity (Wildman–Crippen MR) is 171 cm³/mol. The third kappa shape index (κ3) is 6.74.